The van der Waals surface area contributed by atoms with Crippen LogP contribution >= 0.6 is 0 Å². The number of carbonyl (C=O) groups excluding carboxylic acids is 1. The highest BCUT2D eigenvalue weighted by Gasteiger charge is 2.36. The Kier molecular flexibility index (Phi) is 9.71. The number of esters is 1. The Bertz CT molecular complexity index is 1460. The van der Waals surface area contributed by atoms with Gasteiger partial charge in [0, 0.05) is 12.5 Å². The molecule has 3 aromatic carbocycles. The summed E-state index contributed by atoms with van der Waals surface area (Å²) in [6, 6.07) is 16.4. The van der Waals surface area contributed by atoms with E-state index in [1.165, 1.54) is 6.07 Å². The second-order valence-electron chi connectivity index (χ2n) is 10.6. The molecule has 0 unspecified atom stereocenters. The van der Waals surface area contributed by atoms with E-state index in [-0.39, 0.29) is 56.4 Å². The van der Waals surface area contributed by atoms with Gasteiger partial charge in [-0.05, 0) is 97.7 Å². The molecule has 9 heteroatoms. The van der Waals surface area contributed by atoms with E-state index in [1.807, 2.05) is 50.2 Å². The van der Waals surface area contributed by atoms with Gasteiger partial charge in [-0.15, -0.1) is 0 Å². The summed E-state index contributed by atoms with van der Waals surface area (Å²) in [6.45, 7) is 6.32. The number of rotatable bonds is 11. The first-order valence-electron chi connectivity index (χ1n) is 13.8. The molecule has 0 aromatic heterocycles. The predicted molar refractivity (Wildman–Crippen MR) is 155 cm³/mol. The number of halogens is 1. The molecule has 0 spiro atoms. The molecule has 0 bridgehead atoms. The van der Waals surface area contributed by atoms with E-state index in [0.29, 0.717) is 23.7 Å². The number of aryl methyl sites for hydroxylation is 3. The normalized spacial score (nSPS) is 15.7. The van der Waals surface area contributed by atoms with Gasteiger partial charge in [-0.25, -0.2) is 12.8 Å². The summed E-state index contributed by atoms with van der Waals surface area (Å²) in [7, 11) is -3.08. The van der Waals surface area contributed by atoms with Gasteiger partial charge in [-0.1, -0.05) is 24.3 Å². The van der Waals surface area contributed by atoms with Gasteiger partial charge in [-0.3, -0.25) is 4.79 Å². The maximum atomic E-state index is 14.6. The van der Waals surface area contributed by atoms with Gasteiger partial charge in [0.25, 0.3) is 0 Å². The van der Waals surface area contributed by atoms with Crippen molar-refractivity contribution in [3.63, 3.8) is 0 Å². The van der Waals surface area contributed by atoms with Crippen LogP contribution < -0.4 is 9.47 Å². The van der Waals surface area contributed by atoms with Crippen molar-refractivity contribution < 1.29 is 36.9 Å². The minimum absolute atomic E-state index is 0.0265. The van der Waals surface area contributed by atoms with Gasteiger partial charge in [0.15, 0.2) is 9.84 Å². The number of benzene rings is 3. The predicted octanol–water partition coefficient (Wildman–Crippen LogP) is 5.50. The van der Waals surface area contributed by atoms with Crippen molar-refractivity contribution in [3.8, 4) is 22.6 Å². The van der Waals surface area contributed by atoms with Crippen molar-refractivity contribution in [3.05, 3.63) is 82.7 Å². The molecule has 1 aliphatic heterocycles. The van der Waals surface area contributed by atoms with E-state index < -0.39 is 21.3 Å². The Morgan fingerprint density at radius 1 is 0.976 bits per heavy atom. The molecule has 0 aliphatic carbocycles. The van der Waals surface area contributed by atoms with Crippen LogP contribution in [0.3, 0.4) is 0 Å². The lowest BCUT2D eigenvalue weighted by atomic mass is 9.94. The molecule has 3 aromatic rings. The minimum Gasteiger partial charge on any atom is -0.491 e. The molecule has 1 heterocycles. The molecule has 0 radical (unpaired) electrons. The smallest absolute Gasteiger partial charge is 0.306 e. The summed E-state index contributed by atoms with van der Waals surface area (Å²) in [5, 5.41) is 10.8. The van der Waals surface area contributed by atoms with E-state index in [2.05, 4.69) is 0 Å². The molecule has 0 saturated carbocycles. The quantitative estimate of drug-likeness (QED) is 0.297. The third kappa shape index (κ3) is 8.30. The Balaban J connectivity index is 1.39. The van der Waals surface area contributed by atoms with Gasteiger partial charge in [0.2, 0.25) is 0 Å². The molecule has 4 rings (SSSR count). The van der Waals surface area contributed by atoms with Gasteiger partial charge in [-0.2, -0.15) is 0 Å². The van der Waals surface area contributed by atoms with E-state index in [9.17, 15) is 22.7 Å². The third-order valence-corrected chi connectivity index (χ3v) is 8.97. The van der Waals surface area contributed by atoms with E-state index >= 15 is 0 Å². The largest absolute Gasteiger partial charge is 0.491 e. The highest BCUT2D eigenvalue weighted by molar-refractivity contribution is 7.91. The third-order valence-electron chi connectivity index (χ3n) is 7.32. The van der Waals surface area contributed by atoms with Gasteiger partial charge in [0.05, 0.1) is 18.1 Å². The minimum atomic E-state index is -3.08. The number of sulfone groups is 1. The second kappa shape index (κ2) is 13.0. The summed E-state index contributed by atoms with van der Waals surface area (Å²) >= 11 is 0. The number of ether oxygens (including phenoxy) is 3. The average Bonchev–Trinajstić information content (AvgIpc) is 2.92. The lowest BCUT2D eigenvalue weighted by Gasteiger charge is -2.31. The molecule has 1 fully saturated rings. The monoisotopic (exact) mass is 584 g/mol. The zero-order valence-corrected chi connectivity index (χ0v) is 24.6. The summed E-state index contributed by atoms with van der Waals surface area (Å²) in [5.41, 5.74) is 4.26. The van der Waals surface area contributed by atoms with Crippen molar-refractivity contribution in [1.82, 2.24) is 0 Å². The molecule has 0 amide bonds. The molecule has 1 N–H and O–H groups in total. The molecule has 7 nitrogen and oxygen atoms in total. The zero-order chi connectivity index (χ0) is 29.6. The Hall–Kier alpha value is -3.43. The van der Waals surface area contributed by atoms with Crippen molar-refractivity contribution >= 4 is 15.8 Å². The van der Waals surface area contributed by atoms with E-state index in [4.69, 9.17) is 14.2 Å². The highest BCUT2D eigenvalue weighted by atomic mass is 32.2. The fraction of sp³-hybridized carbons (Fsp3) is 0.406. The van der Waals surface area contributed by atoms with Crippen LogP contribution in [0.15, 0.2) is 54.6 Å². The first kappa shape index (κ1) is 30.5. The highest BCUT2D eigenvalue weighted by Crippen LogP contribution is 2.33. The van der Waals surface area contributed by atoms with Crippen molar-refractivity contribution in [1.29, 1.82) is 0 Å². The molecular weight excluding hydrogens is 547 g/mol. The van der Waals surface area contributed by atoms with Crippen molar-refractivity contribution in [2.24, 2.45) is 0 Å². The average molecular weight is 585 g/mol. The van der Waals surface area contributed by atoms with Crippen LogP contribution in [-0.4, -0.2) is 49.8 Å². The van der Waals surface area contributed by atoms with E-state index in [0.717, 1.165) is 27.8 Å². The van der Waals surface area contributed by atoms with Gasteiger partial charge < -0.3 is 19.3 Å². The van der Waals surface area contributed by atoms with Crippen LogP contribution in [0, 0.1) is 19.7 Å². The maximum Gasteiger partial charge on any atom is 0.306 e. The van der Waals surface area contributed by atoms with Crippen LogP contribution in [-0.2, 0) is 32.4 Å². The van der Waals surface area contributed by atoms with Crippen LogP contribution in [0.5, 0.6) is 11.5 Å². The summed E-state index contributed by atoms with van der Waals surface area (Å²) in [4.78, 5) is 11.6. The fourth-order valence-electron chi connectivity index (χ4n) is 5.02. The summed E-state index contributed by atoms with van der Waals surface area (Å²) < 4.78 is 54.6. The SMILES string of the molecule is CCOC(=O)CCc1ccc(OCc2cccc(-c3c(C)cc(OCC4(O)CCS(=O)(=O)CC4)cc3C)c2)cc1F. The Morgan fingerprint density at radius 2 is 1.68 bits per heavy atom. The van der Waals surface area contributed by atoms with Crippen LogP contribution in [0.4, 0.5) is 4.39 Å². The zero-order valence-electron chi connectivity index (χ0n) is 23.7. The molecule has 1 aliphatic rings. The van der Waals surface area contributed by atoms with Gasteiger partial charge in [0.1, 0.15) is 36.1 Å². The summed E-state index contributed by atoms with van der Waals surface area (Å²) in [5.74, 6) is 0.200. The lowest BCUT2D eigenvalue weighted by molar-refractivity contribution is -0.143. The van der Waals surface area contributed by atoms with E-state index in [1.54, 1.807) is 19.1 Å². The first-order valence-corrected chi connectivity index (χ1v) is 15.6. The molecule has 0 atom stereocenters. The Morgan fingerprint density at radius 3 is 2.34 bits per heavy atom. The maximum absolute atomic E-state index is 14.6. The lowest BCUT2D eigenvalue weighted by Crippen LogP contribution is -2.43. The van der Waals surface area contributed by atoms with Gasteiger partial charge >= 0.3 is 5.97 Å². The number of carbonyl (C=O) groups is 1. The molecule has 220 valence electrons. The number of aliphatic hydroxyl groups is 1. The van der Waals surface area contributed by atoms with Crippen molar-refractivity contribution in [2.45, 2.75) is 58.7 Å². The second-order valence-corrected chi connectivity index (χ2v) is 12.9. The first-order chi connectivity index (χ1) is 19.5. The molecular formula is C32H37FO7S. The van der Waals surface area contributed by atoms with Crippen molar-refractivity contribution in [2.75, 3.05) is 24.7 Å². The molecule has 41 heavy (non-hydrogen) atoms. The Labute approximate surface area is 241 Å². The molecule has 1 saturated heterocycles. The summed E-state index contributed by atoms with van der Waals surface area (Å²) in [6.07, 6.45) is 0.734. The topological polar surface area (TPSA) is 99.1 Å². The fourth-order valence-corrected chi connectivity index (χ4v) is 6.60. The standard InChI is InChI=1S/C32H37FO7S/c1-4-38-30(34)11-9-25-8-10-27(19-29(25)33)39-20-24-6-5-7-26(18-24)31-22(2)16-28(17-23(31)3)40-21-32(35)12-14-41(36,37)15-13-32/h5-8,10,16-19,35H,4,9,11-15,20-21H2,1-3H3. The van der Waals surface area contributed by atoms with Crippen LogP contribution in [0.1, 0.15) is 48.4 Å². The van der Waals surface area contributed by atoms with Crippen LogP contribution in [0.2, 0.25) is 0 Å². The number of hydrogen-bond donors (Lipinski definition) is 1. The van der Waals surface area contributed by atoms with Crippen LogP contribution in [0.25, 0.3) is 11.1 Å². The number of hydrogen-bond acceptors (Lipinski definition) is 7.